The number of pyridine rings is 1. The number of hydrogen-bond acceptors (Lipinski definition) is 5. The van der Waals surface area contributed by atoms with Gasteiger partial charge in [-0.25, -0.2) is 0 Å². The third kappa shape index (κ3) is 4.78. The van der Waals surface area contributed by atoms with Crippen LogP contribution in [0.3, 0.4) is 0 Å². The molecule has 2 aromatic heterocycles. The molecule has 2 amide bonds. The van der Waals surface area contributed by atoms with E-state index in [-0.39, 0.29) is 11.8 Å². The molecule has 1 N–H and O–H groups in total. The number of nitrogens with zero attached hydrogens (tertiary/aromatic N) is 2. The van der Waals surface area contributed by atoms with Gasteiger partial charge in [0.2, 0.25) is 0 Å². The molecule has 3 heterocycles. The Labute approximate surface area is 212 Å². The number of hydrogen-bond donors (Lipinski definition) is 1. The molecule has 1 aliphatic rings. The third-order valence-electron chi connectivity index (χ3n) is 5.83. The van der Waals surface area contributed by atoms with Crippen molar-refractivity contribution in [2.75, 3.05) is 18.6 Å². The molecule has 0 unspecified atom stereocenters. The maximum absolute atomic E-state index is 13.2. The van der Waals surface area contributed by atoms with Gasteiger partial charge < -0.3 is 15.0 Å². The number of carbonyl (C=O) groups excluding carboxylic acids is 2. The fourth-order valence-electron chi connectivity index (χ4n) is 3.97. The van der Waals surface area contributed by atoms with Crippen molar-refractivity contribution in [3.63, 3.8) is 0 Å². The summed E-state index contributed by atoms with van der Waals surface area (Å²) in [6.45, 7) is 0.857. The van der Waals surface area contributed by atoms with Crippen LogP contribution in [0, 0.1) is 0 Å². The molecule has 0 fully saturated rings. The second kappa shape index (κ2) is 9.90. The molecule has 4 aromatic rings. The molecule has 0 atom stereocenters. The number of ether oxygens (including phenoxy) is 1. The Morgan fingerprint density at radius 1 is 1.14 bits per heavy atom. The SMILES string of the molecule is CN(C(=O)c1cc2c(s1)-c1ccc(C(=O)NCc3cccnc3)cc1OCC2)c1ccccc1Cl. The van der Waals surface area contributed by atoms with Gasteiger partial charge in [0.15, 0.2) is 0 Å². The molecule has 6 nitrogen and oxygen atoms in total. The Kier molecular flexibility index (Phi) is 6.53. The highest BCUT2D eigenvalue weighted by molar-refractivity contribution is 7.17. The fourth-order valence-corrected chi connectivity index (χ4v) is 5.45. The van der Waals surface area contributed by atoms with Gasteiger partial charge in [-0.05, 0) is 53.6 Å². The number of carbonyl (C=O) groups is 2. The summed E-state index contributed by atoms with van der Waals surface area (Å²) in [6.07, 6.45) is 4.09. The van der Waals surface area contributed by atoms with Crippen molar-refractivity contribution in [2.24, 2.45) is 0 Å². The molecule has 0 saturated carbocycles. The summed E-state index contributed by atoms with van der Waals surface area (Å²) in [7, 11) is 1.72. The Balaban J connectivity index is 1.39. The Bertz CT molecular complexity index is 1400. The molecular weight excluding hydrogens is 482 g/mol. The zero-order valence-corrected chi connectivity index (χ0v) is 20.5. The largest absolute Gasteiger partial charge is 0.493 e. The minimum Gasteiger partial charge on any atom is -0.493 e. The minimum absolute atomic E-state index is 0.120. The number of thiophene rings is 1. The summed E-state index contributed by atoms with van der Waals surface area (Å²) < 4.78 is 5.98. The van der Waals surface area contributed by atoms with Crippen molar-refractivity contribution >= 4 is 40.4 Å². The van der Waals surface area contributed by atoms with Crippen molar-refractivity contribution in [3.05, 3.63) is 99.6 Å². The lowest BCUT2D eigenvalue weighted by Gasteiger charge is -2.17. The Morgan fingerprint density at radius 2 is 2.00 bits per heavy atom. The van der Waals surface area contributed by atoms with E-state index >= 15 is 0 Å². The molecule has 1 aliphatic heterocycles. The number of nitrogens with one attached hydrogen (secondary N) is 1. The summed E-state index contributed by atoms with van der Waals surface area (Å²) in [5, 5.41) is 3.44. The fraction of sp³-hybridized carbons (Fsp3) is 0.148. The van der Waals surface area contributed by atoms with Crippen LogP contribution in [0.4, 0.5) is 5.69 Å². The van der Waals surface area contributed by atoms with Crippen molar-refractivity contribution in [1.82, 2.24) is 10.3 Å². The van der Waals surface area contributed by atoms with Gasteiger partial charge in [0.25, 0.3) is 11.8 Å². The van der Waals surface area contributed by atoms with E-state index in [4.69, 9.17) is 16.3 Å². The summed E-state index contributed by atoms with van der Waals surface area (Å²) >= 11 is 7.72. The number of aromatic nitrogens is 1. The molecule has 0 aliphatic carbocycles. The van der Waals surface area contributed by atoms with E-state index in [1.54, 1.807) is 42.5 Å². The van der Waals surface area contributed by atoms with Crippen LogP contribution in [0.1, 0.15) is 31.2 Å². The number of anilines is 1. The van der Waals surface area contributed by atoms with Crippen molar-refractivity contribution in [2.45, 2.75) is 13.0 Å². The van der Waals surface area contributed by atoms with E-state index in [0.29, 0.717) is 46.5 Å². The number of amides is 2. The van der Waals surface area contributed by atoms with Crippen LogP contribution in [0.15, 0.2) is 73.1 Å². The van der Waals surface area contributed by atoms with Gasteiger partial charge in [-0.15, -0.1) is 11.3 Å². The zero-order chi connectivity index (χ0) is 24.4. The van der Waals surface area contributed by atoms with Crippen molar-refractivity contribution < 1.29 is 14.3 Å². The van der Waals surface area contributed by atoms with Crippen LogP contribution >= 0.6 is 22.9 Å². The maximum Gasteiger partial charge on any atom is 0.268 e. The Hall–Kier alpha value is -3.68. The normalized spacial score (nSPS) is 12.1. The van der Waals surface area contributed by atoms with E-state index in [9.17, 15) is 9.59 Å². The van der Waals surface area contributed by atoms with E-state index < -0.39 is 0 Å². The average molecular weight is 504 g/mol. The lowest BCUT2D eigenvalue weighted by molar-refractivity contribution is 0.0949. The summed E-state index contributed by atoms with van der Waals surface area (Å²) in [5.41, 5.74) is 4.04. The molecule has 35 heavy (non-hydrogen) atoms. The predicted molar refractivity (Wildman–Crippen MR) is 139 cm³/mol. The number of benzene rings is 2. The molecule has 176 valence electrons. The van der Waals surface area contributed by atoms with Gasteiger partial charge in [-0.3, -0.25) is 14.6 Å². The van der Waals surface area contributed by atoms with Gasteiger partial charge >= 0.3 is 0 Å². The first-order valence-electron chi connectivity index (χ1n) is 11.1. The Morgan fingerprint density at radius 3 is 2.80 bits per heavy atom. The zero-order valence-electron chi connectivity index (χ0n) is 19.0. The topological polar surface area (TPSA) is 71.5 Å². The highest BCUT2D eigenvalue weighted by Crippen LogP contribution is 2.42. The summed E-state index contributed by atoms with van der Waals surface area (Å²) in [5.74, 6) is 0.330. The summed E-state index contributed by atoms with van der Waals surface area (Å²) in [4.78, 5) is 33.2. The van der Waals surface area contributed by atoms with E-state index in [1.807, 2.05) is 42.5 Å². The molecule has 5 rings (SSSR count). The lowest BCUT2D eigenvalue weighted by atomic mass is 10.0. The first-order valence-corrected chi connectivity index (χ1v) is 12.3. The molecule has 0 bridgehead atoms. The average Bonchev–Trinajstić information content (AvgIpc) is 3.23. The van der Waals surface area contributed by atoms with E-state index in [2.05, 4.69) is 10.3 Å². The molecule has 0 spiro atoms. The first kappa shape index (κ1) is 23.1. The highest BCUT2D eigenvalue weighted by atomic mass is 35.5. The van der Waals surface area contributed by atoms with Gasteiger partial charge in [0.05, 0.1) is 22.2 Å². The van der Waals surface area contributed by atoms with E-state index in [1.165, 1.54) is 11.3 Å². The highest BCUT2D eigenvalue weighted by Gasteiger charge is 2.24. The van der Waals surface area contributed by atoms with Crippen LogP contribution in [0.2, 0.25) is 5.02 Å². The van der Waals surface area contributed by atoms with Crippen molar-refractivity contribution in [1.29, 1.82) is 0 Å². The molecule has 0 radical (unpaired) electrons. The van der Waals surface area contributed by atoms with Gasteiger partial charge in [-0.2, -0.15) is 0 Å². The van der Waals surface area contributed by atoms with Crippen molar-refractivity contribution in [3.8, 4) is 16.2 Å². The van der Waals surface area contributed by atoms with Crippen LogP contribution in [-0.2, 0) is 13.0 Å². The standard InChI is InChI=1S/C27H22ClN3O3S/c1-31(22-7-3-2-6-21(22)28)27(33)24-14-18-10-12-34-23-13-19(8-9-20(23)25(18)35-24)26(32)30-16-17-5-4-11-29-15-17/h2-9,11,13-15H,10,12,16H2,1H3,(H,30,32). The van der Waals surface area contributed by atoms with E-state index in [0.717, 1.165) is 21.6 Å². The molecule has 8 heteroatoms. The maximum atomic E-state index is 13.2. The smallest absolute Gasteiger partial charge is 0.268 e. The predicted octanol–water partition coefficient (Wildman–Crippen LogP) is 5.61. The number of halogens is 1. The monoisotopic (exact) mass is 503 g/mol. The second-order valence-electron chi connectivity index (χ2n) is 8.13. The number of para-hydroxylation sites is 1. The van der Waals surface area contributed by atoms with Crippen LogP contribution in [-0.4, -0.2) is 30.5 Å². The van der Waals surface area contributed by atoms with Gasteiger partial charge in [0, 0.05) is 48.4 Å². The van der Waals surface area contributed by atoms with Gasteiger partial charge in [-0.1, -0.05) is 29.8 Å². The number of rotatable bonds is 5. The molecular formula is C27H22ClN3O3S. The number of fused-ring (bicyclic) bond motifs is 3. The first-order chi connectivity index (χ1) is 17.0. The quantitative estimate of drug-likeness (QED) is 0.384. The van der Waals surface area contributed by atoms with Crippen LogP contribution < -0.4 is 15.0 Å². The lowest BCUT2D eigenvalue weighted by Crippen LogP contribution is -2.25. The minimum atomic E-state index is -0.187. The second-order valence-corrected chi connectivity index (χ2v) is 9.59. The van der Waals surface area contributed by atoms with Gasteiger partial charge in [0.1, 0.15) is 5.75 Å². The van der Waals surface area contributed by atoms with Crippen LogP contribution in [0.25, 0.3) is 10.4 Å². The summed E-state index contributed by atoms with van der Waals surface area (Å²) in [6, 6.07) is 18.4. The molecule has 2 aromatic carbocycles. The van der Waals surface area contributed by atoms with Crippen LogP contribution in [0.5, 0.6) is 5.75 Å². The third-order valence-corrected chi connectivity index (χ3v) is 7.35. The molecule has 0 saturated heterocycles.